The predicted octanol–water partition coefficient (Wildman–Crippen LogP) is 3.54. The summed E-state index contributed by atoms with van der Waals surface area (Å²) >= 11 is 0. The molecule has 27 heavy (non-hydrogen) atoms. The van der Waals surface area contributed by atoms with Gasteiger partial charge >= 0.3 is 6.18 Å². The highest BCUT2D eigenvalue weighted by atomic mass is 19.4. The Labute approximate surface area is 153 Å². The molecule has 8 heteroatoms. The van der Waals surface area contributed by atoms with Gasteiger partial charge in [-0.1, -0.05) is 18.2 Å². The van der Waals surface area contributed by atoms with Gasteiger partial charge < -0.3 is 14.8 Å². The molecular weight excluding hydrogens is 357 g/mol. The molecule has 0 aliphatic carbocycles. The number of halogens is 3. The van der Waals surface area contributed by atoms with E-state index in [4.69, 9.17) is 0 Å². The van der Waals surface area contributed by atoms with Crippen molar-refractivity contribution in [3.8, 4) is 0 Å². The molecule has 0 unspecified atom stereocenters. The topological polar surface area (TPSA) is 52.2 Å². The van der Waals surface area contributed by atoms with Crippen molar-refractivity contribution in [2.75, 3.05) is 31.1 Å². The SMILES string of the molecule is O=C(c1ccc2nc(C(F)(F)F)[nH]c2c1)N1CCN(c2ccccc2)CC1. The molecule has 1 amide bonds. The van der Waals surface area contributed by atoms with Crippen molar-refractivity contribution in [1.82, 2.24) is 14.9 Å². The van der Waals surface area contributed by atoms with Gasteiger partial charge in [-0.25, -0.2) is 4.98 Å². The van der Waals surface area contributed by atoms with Gasteiger partial charge in [-0.3, -0.25) is 4.79 Å². The number of aromatic amines is 1. The van der Waals surface area contributed by atoms with Crippen LogP contribution in [-0.2, 0) is 6.18 Å². The fourth-order valence-corrected chi connectivity index (χ4v) is 3.27. The van der Waals surface area contributed by atoms with Gasteiger partial charge in [0.2, 0.25) is 5.82 Å². The summed E-state index contributed by atoms with van der Waals surface area (Å²) in [7, 11) is 0. The van der Waals surface area contributed by atoms with Crippen LogP contribution in [0, 0.1) is 0 Å². The average Bonchev–Trinajstić information content (AvgIpc) is 3.12. The number of anilines is 1. The van der Waals surface area contributed by atoms with Crippen molar-refractivity contribution in [3.05, 3.63) is 59.9 Å². The number of fused-ring (bicyclic) bond motifs is 1. The van der Waals surface area contributed by atoms with Crippen molar-refractivity contribution in [2.45, 2.75) is 6.18 Å². The third-order valence-electron chi connectivity index (χ3n) is 4.69. The molecular formula is C19H17F3N4O. The zero-order valence-electron chi connectivity index (χ0n) is 14.3. The standard InChI is InChI=1S/C19H17F3N4O/c20-19(21,22)18-23-15-7-6-13(12-16(15)24-18)17(27)26-10-8-25(9-11-26)14-4-2-1-3-5-14/h1-7,12H,8-11H2,(H,23,24). The van der Waals surface area contributed by atoms with E-state index in [0.717, 1.165) is 5.69 Å². The average molecular weight is 374 g/mol. The lowest BCUT2D eigenvalue weighted by Gasteiger charge is -2.36. The predicted molar refractivity (Wildman–Crippen MR) is 95.7 cm³/mol. The highest BCUT2D eigenvalue weighted by molar-refractivity contribution is 5.97. The first-order valence-corrected chi connectivity index (χ1v) is 8.58. The normalized spacial score (nSPS) is 15.4. The summed E-state index contributed by atoms with van der Waals surface area (Å²) in [6.07, 6.45) is -4.54. The number of hydrogen-bond acceptors (Lipinski definition) is 3. The maximum absolute atomic E-state index is 12.8. The second-order valence-electron chi connectivity index (χ2n) is 6.43. The summed E-state index contributed by atoms with van der Waals surface area (Å²) in [6, 6.07) is 14.4. The molecule has 140 valence electrons. The van der Waals surface area contributed by atoms with Crippen LogP contribution in [0.5, 0.6) is 0 Å². The zero-order valence-corrected chi connectivity index (χ0v) is 14.3. The van der Waals surface area contributed by atoms with E-state index in [0.29, 0.717) is 31.7 Å². The van der Waals surface area contributed by atoms with E-state index in [-0.39, 0.29) is 16.9 Å². The monoisotopic (exact) mass is 374 g/mol. The number of benzene rings is 2. The van der Waals surface area contributed by atoms with Crippen LogP contribution in [0.1, 0.15) is 16.2 Å². The van der Waals surface area contributed by atoms with Crippen molar-refractivity contribution in [2.24, 2.45) is 0 Å². The molecule has 1 aliphatic rings. The van der Waals surface area contributed by atoms with Crippen LogP contribution in [0.3, 0.4) is 0 Å². The first-order valence-electron chi connectivity index (χ1n) is 8.58. The third kappa shape index (κ3) is 3.47. The highest BCUT2D eigenvalue weighted by Gasteiger charge is 2.34. The lowest BCUT2D eigenvalue weighted by atomic mass is 10.1. The molecule has 0 saturated carbocycles. The van der Waals surface area contributed by atoms with Crippen molar-refractivity contribution in [1.29, 1.82) is 0 Å². The molecule has 3 aromatic rings. The first-order chi connectivity index (χ1) is 12.9. The van der Waals surface area contributed by atoms with Gasteiger partial charge in [-0.2, -0.15) is 13.2 Å². The number of imidazole rings is 1. The summed E-state index contributed by atoms with van der Waals surface area (Å²) in [4.78, 5) is 22.4. The minimum Gasteiger partial charge on any atom is -0.368 e. The van der Waals surface area contributed by atoms with Gasteiger partial charge in [0.1, 0.15) is 0 Å². The first kappa shape index (κ1) is 17.4. The molecule has 0 radical (unpaired) electrons. The number of rotatable bonds is 2. The number of hydrogen-bond donors (Lipinski definition) is 1. The fourth-order valence-electron chi connectivity index (χ4n) is 3.27. The van der Waals surface area contributed by atoms with Gasteiger partial charge in [-0.05, 0) is 30.3 Å². The highest BCUT2D eigenvalue weighted by Crippen LogP contribution is 2.29. The van der Waals surface area contributed by atoms with E-state index in [2.05, 4.69) is 14.9 Å². The Morgan fingerprint density at radius 2 is 1.70 bits per heavy atom. The molecule has 5 nitrogen and oxygen atoms in total. The molecule has 2 aromatic carbocycles. The van der Waals surface area contributed by atoms with Crippen LogP contribution in [0.2, 0.25) is 0 Å². The molecule has 1 aromatic heterocycles. The summed E-state index contributed by atoms with van der Waals surface area (Å²) in [5, 5.41) is 0. The number of carbonyl (C=O) groups excluding carboxylic acids is 1. The molecule has 1 aliphatic heterocycles. The Bertz CT molecular complexity index is 960. The van der Waals surface area contributed by atoms with Crippen molar-refractivity contribution in [3.63, 3.8) is 0 Å². The second kappa shape index (κ2) is 6.61. The van der Waals surface area contributed by atoms with Gasteiger partial charge in [0.05, 0.1) is 11.0 Å². The van der Waals surface area contributed by atoms with Crippen LogP contribution < -0.4 is 4.90 Å². The maximum atomic E-state index is 12.8. The molecule has 0 atom stereocenters. The second-order valence-corrected chi connectivity index (χ2v) is 6.43. The maximum Gasteiger partial charge on any atom is 0.449 e. The molecule has 1 saturated heterocycles. The van der Waals surface area contributed by atoms with Gasteiger partial charge in [-0.15, -0.1) is 0 Å². The molecule has 0 bridgehead atoms. The minimum absolute atomic E-state index is 0.187. The summed E-state index contributed by atoms with van der Waals surface area (Å²) in [5.74, 6) is -1.24. The lowest BCUT2D eigenvalue weighted by Crippen LogP contribution is -2.48. The number of nitrogens with one attached hydrogen (secondary N) is 1. The van der Waals surface area contributed by atoms with Crippen LogP contribution in [-0.4, -0.2) is 47.0 Å². The van der Waals surface area contributed by atoms with E-state index < -0.39 is 12.0 Å². The number of H-pyrrole nitrogens is 1. The molecule has 1 N–H and O–H groups in total. The van der Waals surface area contributed by atoms with E-state index >= 15 is 0 Å². The summed E-state index contributed by atoms with van der Waals surface area (Å²) in [6.45, 7) is 2.53. The number of carbonyl (C=O) groups is 1. The van der Waals surface area contributed by atoms with Gasteiger partial charge in [0.25, 0.3) is 5.91 Å². The van der Waals surface area contributed by atoms with E-state index in [1.165, 1.54) is 18.2 Å². The minimum atomic E-state index is -4.54. The summed E-state index contributed by atoms with van der Waals surface area (Å²) < 4.78 is 38.3. The number of nitrogens with zero attached hydrogens (tertiary/aromatic N) is 3. The van der Waals surface area contributed by atoms with Gasteiger partial charge in [0.15, 0.2) is 0 Å². The quantitative estimate of drug-likeness (QED) is 0.747. The number of para-hydroxylation sites is 1. The van der Waals surface area contributed by atoms with Crippen molar-refractivity contribution >= 4 is 22.6 Å². The van der Waals surface area contributed by atoms with E-state index in [1.807, 2.05) is 30.3 Å². The lowest BCUT2D eigenvalue weighted by molar-refractivity contribution is -0.144. The Morgan fingerprint density at radius 1 is 1.00 bits per heavy atom. The van der Waals surface area contributed by atoms with Crippen LogP contribution in [0.15, 0.2) is 48.5 Å². The Hall–Kier alpha value is -3.03. The fraction of sp³-hybridized carbons (Fsp3) is 0.263. The Kier molecular flexibility index (Phi) is 4.25. The van der Waals surface area contributed by atoms with Crippen LogP contribution in [0.4, 0.5) is 18.9 Å². The number of aromatic nitrogens is 2. The Balaban J connectivity index is 1.48. The van der Waals surface area contributed by atoms with Crippen LogP contribution >= 0.6 is 0 Å². The largest absolute Gasteiger partial charge is 0.449 e. The number of alkyl halides is 3. The molecule has 4 rings (SSSR count). The Morgan fingerprint density at radius 3 is 2.37 bits per heavy atom. The smallest absolute Gasteiger partial charge is 0.368 e. The zero-order chi connectivity index (χ0) is 19.0. The van der Waals surface area contributed by atoms with E-state index in [1.54, 1.807) is 4.90 Å². The van der Waals surface area contributed by atoms with Crippen LogP contribution in [0.25, 0.3) is 11.0 Å². The molecule has 2 heterocycles. The van der Waals surface area contributed by atoms with E-state index in [9.17, 15) is 18.0 Å². The van der Waals surface area contributed by atoms with Gasteiger partial charge in [0, 0.05) is 37.4 Å². The third-order valence-corrected chi connectivity index (χ3v) is 4.69. The number of piperazine rings is 1. The summed E-state index contributed by atoms with van der Waals surface area (Å²) in [5.41, 5.74) is 1.86. The number of amides is 1. The molecule has 1 fully saturated rings. The van der Waals surface area contributed by atoms with Crippen molar-refractivity contribution < 1.29 is 18.0 Å². The molecule has 0 spiro atoms.